The zero-order chi connectivity index (χ0) is 13.5. The summed E-state index contributed by atoms with van der Waals surface area (Å²) in [7, 11) is 0. The largest absolute Gasteiger partial charge is 0.508 e. The van der Waals surface area contributed by atoms with Crippen LogP contribution in [-0.2, 0) is 6.37 Å². The molecule has 1 aromatic carbocycles. The molecule has 60 valence electrons. The first kappa shape index (κ1) is 3.15. The van der Waals surface area contributed by atoms with Crippen molar-refractivity contribution in [3.05, 3.63) is 29.8 Å². The average Bonchev–Trinajstić information content (AvgIpc) is 2.15. The fourth-order valence-corrected chi connectivity index (χ4v) is 0.739. The lowest BCUT2D eigenvalue weighted by atomic mass is 10.1. The summed E-state index contributed by atoms with van der Waals surface area (Å²) in [4.78, 5) is 0. The van der Waals surface area contributed by atoms with E-state index < -0.39 is 19.2 Å². The third-order valence-electron chi connectivity index (χ3n) is 1.13. The SMILES string of the molecule is [2H]C([2H])([2H])C([2H])(N)C([2H])([2H])c1cccc(O)c1. The number of hydrogen-bond donors (Lipinski definition) is 2. The van der Waals surface area contributed by atoms with E-state index in [1.54, 1.807) is 0 Å². The van der Waals surface area contributed by atoms with Crippen molar-refractivity contribution in [2.24, 2.45) is 5.73 Å². The molecule has 3 N–H and O–H groups in total. The Hall–Kier alpha value is -1.02. The van der Waals surface area contributed by atoms with Crippen LogP contribution in [0.3, 0.4) is 0 Å². The van der Waals surface area contributed by atoms with Crippen LogP contribution in [0.2, 0.25) is 0 Å². The molecule has 0 aromatic heterocycles. The second-order valence-corrected chi connectivity index (χ2v) is 2.09. The Balaban J connectivity index is 3.28. The zero-order valence-corrected chi connectivity index (χ0v) is 5.83. The average molecular weight is 157 g/mol. The van der Waals surface area contributed by atoms with Gasteiger partial charge in [-0.05, 0) is 30.9 Å². The van der Waals surface area contributed by atoms with Gasteiger partial charge in [0, 0.05) is 14.2 Å². The number of nitrogens with two attached hydrogens (primary N) is 1. The van der Waals surface area contributed by atoms with E-state index in [-0.39, 0.29) is 11.3 Å². The van der Waals surface area contributed by atoms with E-state index in [9.17, 15) is 5.11 Å². The van der Waals surface area contributed by atoms with E-state index in [1.165, 1.54) is 18.2 Å². The monoisotopic (exact) mass is 157 g/mol. The minimum Gasteiger partial charge on any atom is -0.508 e. The van der Waals surface area contributed by atoms with Crippen molar-refractivity contribution in [2.75, 3.05) is 0 Å². The first-order valence-electron chi connectivity index (χ1n) is 6.08. The molecule has 11 heavy (non-hydrogen) atoms. The van der Waals surface area contributed by atoms with Crippen molar-refractivity contribution in [1.82, 2.24) is 0 Å². The Morgan fingerprint density at radius 2 is 2.73 bits per heavy atom. The lowest BCUT2D eigenvalue weighted by Gasteiger charge is -2.04. The maximum absolute atomic E-state index is 9.24. The van der Waals surface area contributed by atoms with Crippen LogP contribution in [0.15, 0.2) is 24.3 Å². The lowest BCUT2D eigenvalue weighted by Crippen LogP contribution is -2.17. The Bertz CT molecular complexity index is 414. The molecule has 2 heteroatoms. The number of aromatic hydroxyl groups is 1. The molecule has 0 bridgehead atoms. The molecule has 1 rings (SSSR count). The number of rotatable bonds is 2. The van der Waals surface area contributed by atoms with Crippen LogP contribution in [0.1, 0.15) is 20.6 Å². The molecule has 0 fully saturated rings. The van der Waals surface area contributed by atoms with Gasteiger partial charge in [-0.25, -0.2) is 0 Å². The normalized spacial score (nSPS) is 26.3. The predicted molar refractivity (Wildman–Crippen MR) is 45.5 cm³/mol. The first-order chi connectivity index (χ1) is 7.50. The van der Waals surface area contributed by atoms with Crippen LogP contribution in [0.25, 0.3) is 0 Å². The highest BCUT2D eigenvalue weighted by Gasteiger charge is 1.97. The van der Waals surface area contributed by atoms with Gasteiger partial charge in [-0.2, -0.15) is 0 Å². The summed E-state index contributed by atoms with van der Waals surface area (Å²) in [6, 6.07) is 2.21. The summed E-state index contributed by atoms with van der Waals surface area (Å²) in [5.41, 5.74) is 5.15. The van der Waals surface area contributed by atoms with Crippen molar-refractivity contribution in [1.29, 1.82) is 0 Å². The van der Waals surface area contributed by atoms with Gasteiger partial charge in [-0.3, -0.25) is 0 Å². The van der Waals surface area contributed by atoms with E-state index in [0.29, 0.717) is 0 Å². The van der Waals surface area contributed by atoms with E-state index in [4.69, 9.17) is 14.0 Å². The predicted octanol–water partition coefficient (Wildman–Crippen LogP) is 1.28. The first-order valence-corrected chi connectivity index (χ1v) is 3.08. The Morgan fingerprint density at radius 3 is 3.36 bits per heavy atom. The van der Waals surface area contributed by atoms with Crippen LogP contribution in [-0.4, -0.2) is 11.1 Å². The topological polar surface area (TPSA) is 46.2 Å². The van der Waals surface area contributed by atoms with Crippen LogP contribution < -0.4 is 5.73 Å². The van der Waals surface area contributed by atoms with Crippen molar-refractivity contribution in [3.63, 3.8) is 0 Å². The second kappa shape index (κ2) is 3.39. The molecule has 1 atom stereocenters. The van der Waals surface area contributed by atoms with Crippen LogP contribution in [0.5, 0.6) is 5.75 Å². The van der Waals surface area contributed by atoms with E-state index in [1.807, 2.05) is 0 Å². The van der Waals surface area contributed by atoms with Crippen LogP contribution in [0.4, 0.5) is 0 Å². The highest BCUT2D eigenvalue weighted by molar-refractivity contribution is 5.27. The van der Waals surface area contributed by atoms with Crippen molar-refractivity contribution in [2.45, 2.75) is 19.2 Å². The molecule has 0 aliphatic carbocycles. The lowest BCUT2D eigenvalue weighted by molar-refractivity contribution is 0.474. The van der Waals surface area contributed by atoms with Gasteiger partial charge >= 0.3 is 0 Å². The Morgan fingerprint density at radius 1 is 1.91 bits per heavy atom. The van der Waals surface area contributed by atoms with Gasteiger partial charge < -0.3 is 10.8 Å². The molecule has 0 aliphatic rings. The minimum absolute atomic E-state index is 0.147. The summed E-state index contributed by atoms with van der Waals surface area (Å²) < 4.78 is 44.3. The van der Waals surface area contributed by atoms with Gasteiger partial charge in [-0.15, -0.1) is 0 Å². The van der Waals surface area contributed by atoms with Crippen LogP contribution >= 0.6 is 0 Å². The summed E-state index contributed by atoms with van der Waals surface area (Å²) in [6.45, 7) is -2.98. The molecule has 0 radical (unpaired) electrons. The van der Waals surface area contributed by atoms with E-state index in [2.05, 4.69) is 0 Å². The van der Waals surface area contributed by atoms with Crippen molar-refractivity contribution in [3.8, 4) is 5.75 Å². The third-order valence-corrected chi connectivity index (χ3v) is 1.13. The summed E-state index contributed by atoms with van der Waals surface area (Å²) in [6.07, 6.45) is -2.61. The number of phenolic OH excluding ortho intramolecular Hbond substituents is 1. The van der Waals surface area contributed by atoms with Gasteiger partial charge in [0.2, 0.25) is 0 Å². The zero-order valence-electron chi connectivity index (χ0n) is 11.8. The van der Waals surface area contributed by atoms with Gasteiger partial charge in [0.1, 0.15) is 5.75 Å². The van der Waals surface area contributed by atoms with Crippen LogP contribution in [0, 0.1) is 0 Å². The molecule has 2 nitrogen and oxygen atoms in total. The molecular weight excluding hydrogens is 138 g/mol. The molecule has 0 spiro atoms. The van der Waals surface area contributed by atoms with Gasteiger partial charge in [-0.1, -0.05) is 12.1 Å². The smallest absolute Gasteiger partial charge is 0.115 e. The fourth-order valence-electron chi connectivity index (χ4n) is 0.739. The summed E-state index contributed by atoms with van der Waals surface area (Å²) in [5.74, 6) is -0.215. The van der Waals surface area contributed by atoms with E-state index in [0.717, 1.165) is 6.07 Å². The number of phenols is 1. The number of hydrogen-bond acceptors (Lipinski definition) is 2. The molecule has 0 heterocycles. The third kappa shape index (κ3) is 2.60. The molecular formula is C9H13NO. The minimum atomic E-state index is -2.98. The maximum atomic E-state index is 9.24. The standard InChI is InChI=1S/C9H13NO/c1-7(10)5-8-3-2-4-9(11)6-8/h2-4,6-7,11H,5,10H2,1H3/i1D3,5D2,7D. The Kier molecular flexibility index (Phi) is 0.972. The molecule has 0 saturated heterocycles. The van der Waals surface area contributed by atoms with Crippen molar-refractivity contribution >= 4 is 0 Å². The van der Waals surface area contributed by atoms with E-state index >= 15 is 0 Å². The highest BCUT2D eigenvalue weighted by atomic mass is 16.3. The molecule has 1 unspecified atom stereocenters. The summed E-state index contributed by atoms with van der Waals surface area (Å²) >= 11 is 0. The Labute approximate surface area is 75.1 Å². The van der Waals surface area contributed by atoms with Gasteiger partial charge in [0.15, 0.2) is 0 Å². The summed E-state index contributed by atoms with van der Waals surface area (Å²) in [5, 5.41) is 9.24. The van der Waals surface area contributed by atoms with Gasteiger partial charge in [0.25, 0.3) is 0 Å². The number of benzene rings is 1. The van der Waals surface area contributed by atoms with Gasteiger partial charge in [0.05, 0.1) is 0 Å². The molecule has 0 aliphatic heterocycles. The fraction of sp³-hybridized carbons (Fsp3) is 0.333. The molecule has 0 saturated carbocycles. The second-order valence-electron chi connectivity index (χ2n) is 2.09. The molecule has 1 aromatic rings. The van der Waals surface area contributed by atoms with Crippen molar-refractivity contribution < 1.29 is 13.3 Å². The highest BCUT2D eigenvalue weighted by Crippen LogP contribution is 2.11. The maximum Gasteiger partial charge on any atom is 0.115 e. The molecule has 0 amide bonds. The quantitative estimate of drug-likeness (QED) is 0.679.